The van der Waals surface area contributed by atoms with Crippen molar-refractivity contribution >= 4 is 23.2 Å². The average Bonchev–Trinajstić information content (AvgIpc) is 3.12. The van der Waals surface area contributed by atoms with Crippen LogP contribution in [0.2, 0.25) is 0 Å². The molecule has 0 radical (unpaired) electrons. The van der Waals surface area contributed by atoms with Crippen molar-refractivity contribution in [3.63, 3.8) is 0 Å². The summed E-state index contributed by atoms with van der Waals surface area (Å²) in [6.07, 6.45) is 3.30. The lowest BCUT2D eigenvalue weighted by Crippen LogP contribution is -2.64. The van der Waals surface area contributed by atoms with Crippen molar-refractivity contribution in [1.29, 1.82) is 0 Å². The number of rotatable bonds is 4. The first kappa shape index (κ1) is 14.6. The molecule has 4 nitrogen and oxygen atoms in total. The summed E-state index contributed by atoms with van der Waals surface area (Å²) in [7, 11) is 0. The normalized spacial score (nSPS) is 27.1. The van der Waals surface area contributed by atoms with Crippen molar-refractivity contribution in [2.75, 3.05) is 6.54 Å². The SMILES string of the molecule is CCC1C(=O)N2CCCC2C(=O)N1C(C)Cc1cccs1. The van der Waals surface area contributed by atoms with Crippen molar-refractivity contribution < 1.29 is 9.59 Å². The lowest BCUT2D eigenvalue weighted by atomic mass is 9.99. The Labute approximate surface area is 129 Å². The highest BCUT2D eigenvalue weighted by atomic mass is 32.1. The number of nitrogens with zero attached hydrogens (tertiary/aromatic N) is 2. The monoisotopic (exact) mass is 306 g/mol. The van der Waals surface area contributed by atoms with Crippen LogP contribution in [-0.4, -0.2) is 46.3 Å². The molecule has 2 aliphatic heterocycles. The number of hydrogen-bond acceptors (Lipinski definition) is 3. The van der Waals surface area contributed by atoms with E-state index < -0.39 is 0 Å². The molecule has 114 valence electrons. The number of piperazine rings is 1. The standard InChI is InChI=1S/C16H22N2O2S/c1-3-13-15(19)17-8-4-7-14(17)16(20)18(13)11(2)10-12-6-5-9-21-12/h5-6,9,11,13-14H,3-4,7-8,10H2,1-2H3. The molecule has 0 aromatic carbocycles. The van der Waals surface area contributed by atoms with Gasteiger partial charge in [-0.05, 0) is 37.6 Å². The number of fused-ring (bicyclic) bond motifs is 1. The molecule has 5 heteroatoms. The lowest BCUT2D eigenvalue weighted by molar-refractivity contribution is -0.161. The molecule has 3 atom stereocenters. The Bertz CT molecular complexity index is 528. The maximum absolute atomic E-state index is 12.8. The minimum absolute atomic E-state index is 0.0767. The van der Waals surface area contributed by atoms with E-state index in [0.717, 1.165) is 25.8 Å². The van der Waals surface area contributed by atoms with Crippen molar-refractivity contribution in [2.24, 2.45) is 0 Å². The number of carbonyl (C=O) groups excluding carboxylic acids is 2. The van der Waals surface area contributed by atoms with Crippen molar-refractivity contribution in [1.82, 2.24) is 9.80 Å². The van der Waals surface area contributed by atoms with Gasteiger partial charge in [0.2, 0.25) is 11.8 Å². The van der Waals surface area contributed by atoms with Gasteiger partial charge in [0.25, 0.3) is 0 Å². The van der Waals surface area contributed by atoms with Crippen LogP contribution < -0.4 is 0 Å². The molecule has 2 fully saturated rings. The Hall–Kier alpha value is -1.36. The second kappa shape index (κ2) is 5.79. The summed E-state index contributed by atoms with van der Waals surface area (Å²) in [6.45, 7) is 4.81. The van der Waals surface area contributed by atoms with Crippen molar-refractivity contribution in [2.45, 2.75) is 57.7 Å². The number of thiophene rings is 1. The molecule has 2 aliphatic rings. The fourth-order valence-electron chi connectivity index (χ4n) is 3.64. The third-order valence-corrected chi connectivity index (χ3v) is 5.53. The summed E-state index contributed by atoms with van der Waals surface area (Å²) in [5.41, 5.74) is 0. The van der Waals surface area contributed by atoms with E-state index >= 15 is 0 Å². The topological polar surface area (TPSA) is 40.6 Å². The second-order valence-corrected chi connectivity index (χ2v) is 7.02. The maximum Gasteiger partial charge on any atom is 0.246 e. The summed E-state index contributed by atoms with van der Waals surface area (Å²) in [5, 5.41) is 2.06. The number of carbonyl (C=O) groups is 2. The third kappa shape index (κ3) is 2.48. The van der Waals surface area contributed by atoms with E-state index in [0.29, 0.717) is 6.42 Å². The predicted octanol–water partition coefficient (Wildman–Crippen LogP) is 2.29. The zero-order valence-corrected chi connectivity index (χ0v) is 13.4. The minimum atomic E-state index is -0.276. The Balaban J connectivity index is 1.83. The molecule has 2 saturated heterocycles. The molecule has 1 aromatic heterocycles. The van der Waals surface area contributed by atoms with E-state index in [2.05, 4.69) is 18.4 Å². The summed E-state index contributed by atoms with van der Waals surface area (Å²) < 4.78 is 0. The molecular weight excluding hydrogens is 284 g/mol. The molecule has 2 amide bonds. The fraction of sp³-hybridized carbons (Fsp3) is 0.625. The third-order valence-electron chi connectivity index (χ3n) is 4.63. The Morgan fingerprint density at radius 2 is 2.19 bits per heavy atom. The van der Waals surface area contributed by atoms with Crippen LogP contribution in [0.25, 0.3) is 0 Å². The highest BCUT2D eigenvalue weighted by Gasteiger charge is 2.48. The van der Waals surface area contributed by atoms with Gasteiger partial charge in [0.15, 0.2) is 0 Å². The van der Waals surface area contributed by atoms with Crippen LogP contribution in [0.5, 0.6) is 0 Å². The van der Waals surface area contributed by atoms with E-state index in [1.54, 1.807) is 11.3 Å². The number of hydrogen-bond donors (Lipinski definition) is 0. The van der Waals surface area contributed by atoms with Crippen LogP contribution in [-0.2, 0) is 16.0 Å². The molecule has 0 bridgehead atoms. The Morgan fingerprint density at radius 3 is 2.86 bits per heavy atom. The average molecular weight is 306 g/mol. The van der Waals surface area contributed by atoms with Gasteiger partial charge in [-0.2, -0.15) is 0 Å². The van der Waals surface area contributed by atoms with Gasteiger partial charge in [0.05, 0.1) is 0 Å². The summed E-state index contributed by atoms with van der Waals surface area (Å²) >= 11 is 1.71. The highest BCUT2D eigenvalue weighted by molar-refractivity contribution is 7.09. The van der Waals surface area contributed by atoms with Gasteiger partial charge in [-0.3, -0.25) is 9.59 Å². The van der Waals surface area contributed by atoms with Crippen molar-refractivity contribution in [3.05, 3.63) is 22.4 Å². The van der Waals surface area contributed by atoms with Gasteiger partial charge < -0.3 is 9.80 Å². The van der Waals surface area contributed by atoms with Gasteiger partial charge >= 0.3 is 0 Å². The molecule has 3 heterocycles. The van der Waals surface area contributed by atoms with Crippen LogP contribution in [0.1, 0.15) is 38.0 Å². The van der Waals surface area contributed by atoms with Gasteiger partial charge in [0.1, 0.15) is 12.1 Å². The van der Waals surface area contributed by atoms with Crippen LogP contribution in [0, 0.1) is 0 Å². The van der Waals surface area contributed by atoms with Crippen LogP contribution >= 0.6 is 11.3 Å². The Morgan fingerprint density at radius 1 is 1.38 bits per heavy atom. The molecule has 3 rings (SSSR count). The van der Waals surface area contributed by atoms with Crippen molar-refractivity contribution in [3.8, 4) is 0 Å². The summed E-state index contributed by atoms with van der Waals surface area (Å²) in [4.78, 5) is 30.4. The van der Waals surface area contributed by atoms with Gasteiger partial charge in [0, 0.05) is 23.9 Å². The number of amides is 2. The lowest BCUT2D eigenvalue weighted by Gasteiger charge is -2.45. The van der Waals surface area contributed by atoms with Gasteiger partial charge in [-0.15, -0.1) is 11.3 Å². The highest BCUT2D eigenvalue weighted by Crippen LogP contribution is 2.30. The molecule has 0 spiro atoms. The van der Waals surface area contributed by atoms with Gasteiger partial charge in [-0.25, -0.2) is 0 Å². The predicted molar refractivity (Wildman–Crippen MR) is 83.1 cm³/mol. The van der Waals surface area contributed by atoms with Crippen LogP contribution in [0.15, 0.2) is 17.5 Å². The fourth-order valence-corrected chi connectivity index (χ4v) is 4.46. The molecule has 1 aromatic rings. The second-order valence-electron chi connectivity index (χ2n) is 5.99. The summed E-state index contributed by atoms with van der Waals surface area (Å²) in [5.74, 6) is 0.306. The van der Waals surface area contributed by atoms with E-state index in [1.807, 2.05) is 22.8 Å². The molecule has 0 N–H and O–H groups in total. The van der Waals surface area contributed by atoms with Gasteiger partial charge in [-0.1, -0.05) is 13.0 Å². The molecule has 21 heavy (non-hydrogen) atoms. The molecular formula is C16H22N2O2S. The first-order valence-corrected chi connectivity index (χ1v) is 8.66. The van der Waals surface area contributed by atoms with E-state index in [1.165, 1.54) is 4.88 Å². The molecule has 0 saturated carbocycles. The summed E-state index contributed by atoms with van der Waals surface area (Å²) in [6, 6.07) is 3.73. The zero-order valence-electron chi connectivity index (χ0n) is 12.6. The van der Waals surface area contributed by atoms with E-state index in [-0.39, 0.29) is 29.9 Å². The van der Waals surface area contributed by atoms with E-state index in [4.69, 9.17) is 0 Å². The quantitative estimate of drug-likeness (QED) is 0.856. The minimum Gasteiger partial charge on any atom is -0.329 e. The van der Waals surface area contributed by atoms with Crippen LogP contribution in [0.3, 0.4) is 0 Å². The zero-order chi connectivity index (χ0) is 15.0. The Kier molecular flexibility index (Phi) is 4.02. The first-order chi connectivity index (χ1) is 10.1. The largest absolute Gasteiger partial charge is 0.329 e. The maximum atomic E-state index is 12.8. The van der Waals surface area contributed by atoms with Crippen LogP contribution in [0.4, 0.5) is 0 Å². The van der Waals surface area contributed by atoms with E-state index in [9.17, 15) is 9.59 Å². The molecule has 3 unspecified atom stereocenters. The first-order valence-electron chi connectivity index (χ1n) is 7.78. The molecule has 0 aliphatic carbocycles. The smallest absolute Gasteiger partial charge is 0.246 e.